The first kappa shape index (κ1) is 12.3. The maximum absolute atomic E-state index is 5.17. The van der Waals surface area contributed by atoms with Crippen LogP contribution in [0.5, 0.6) is 0 Å². The number of ether oxygens (including phenoxy) is 1. The van der Waals surface area contributed by atoms with Gasteiger partial charge < -0.3 is 10.1 Å². The third kappa shape index (κ3) is 2.96. The molecule has 4 heteroatoms. The molecule has 17 heavy (non-hydrogen) atoms. The summed E-state index contributed by atoms with van der Waals surface area (Å²) < 4.78 is 6.41. The van der Waals surface area contributed by atoms with E-state index in [0.29, 0.717) is 12.6 Å². The van der Waals surface area contributed by atoms with Crippen molar-refractivity contribution in [1.29, 1.82) is 0 Å². The summed E-state index contributed by atoms with van der Waals surface area (Å²) in [5.41, 5.74) is 2.34. The van der Waals surface area contributed by atoms with E-state index >= 15 is 0 Å². The standard InChI is InChI=1S/C13H18N2OS/c1-4-10(8-16-3)14-13-15-11-6-5-9(2)7-12(11)17-13/h5-7,10H,4,8H2,1-3H3,(H,14,15). The number of nitrogens with zero attached hydrogens (tertiary/aromatic N) is 1. The van der Waals surface area contributed by atoms with Gasteiger partial charge in [-0.2, -0.15) is 0 Å². The van der Waals surface area contributed by atoms with E-state index in [-0.39, 0.29) is 0 Å². The highest BCUT2D eigenvalue weighted by Gasteiger charge is 2.09. The zero-order chi connectivity index (χ0) is 12.3. The van der Waals surface area contributed by atoms with Crippen molar-refractivity contribution >= 4 is 26.7 Å². The number of hydrogen-bond acceptors (Lipinski definition) is 4. The molecule has 1 atom stereocenters. The molecule has 0 aliphatic rings. The smallest absolute Gasteiger partial charge is 0.184 e. The fourth-order valence-electron chi connectivity index (χ4n) is 1.73. The summed E-state index contributed by atoms with van der Waals surface area (Å²) in [4.78, 5) is 4.58. The largest absolute Gasteiger partial charge is 0.383 e. The molecule has 2 rings (SSSR count). The zero-order valence-electron chi connectivity index (χ0n) is 10.5. The van der Waals surface area contributed by atoms with E-state index in [1.165, 1.54) is 10.3 Å². The molecule has 0 fully saturated rings. The second-order valence-corrected chi connectivity index (χ2v) is 5.23. The van der Waals surface area contributed by atoms with Gasteiger partial charge in [0.25, 0.3) is 0 Å². The summed E-state index contributed by atoms with van der Waals surface area (Å²) in [7, 11) is 1.73. The molecule has 1 aromatic heterocycles. The lowest BCUT2D eigenvalue weighted by atomic mass is 10.2. The topological polar surface area (TPSA) is 34.1 Å². The van der Waals surface area contributed by atoms with Gasteiger partial charge in [0.1, 0.15) is 0 Å². The van der Waals surface area contributed by atoms with E-state index in [4.69, 9.17) is 4.74 Å². The second kappa shape index (κ2) is 5.47. The van der Waals surface area contributed by atoms with Crippen LogP contribution in [-0.4, -0.2) is 24.7 Å². The average Bonchev–Trinajstić information content (AvgIpc) is 2.69. The Morgan fingerprint density at radius 1 is 1.47 bits per heavy atom. The molecule has 0 radical (unpaired) electrons. The molecule has 0 saturated heterocycles. The summed E-state index contributed by atoms with van der Waals surface area (Å²) in [6.07, 6.45) is 1.03. The van der Waals surface area contributed by atoms with Crippen molar-refractivity contribution in [1.82, 2.24) is 4.98 Å². The number of thiazole rings is 1. The number of fused-ring (bicyclic) bond motifs is 1. The van der Waals surface area contributed by atoms with Gasteiger partial charge >= 0.3 is 0 Å². The van der Waals surface area contributed by atoms with Gasteiger partial charge in [0.2, 0.25) is 0 Å². The Morgan fingerprint density at radius 3 is 3.00 bits per heavy atom. The summed E-state index contributed by atoms with van der Waals surface area (Å²) >= 11 is 1.70. The number of aromatic nitrogens is 1. The quantitative estimate of drug-likeness (QED) is 0.882. The molecule has 1 unspecified atom stereocenters. The Morgan fingerprint density at radius 2 is 2.29 bits per heavy atom. The first-order chi connectivity index (χ1) is 8.22. The van der Waals surface area contributed by atoms with Crippen molar-refractivity contribution in [2.24, 2.45) is 0 Å². The van der Waals surface area contributed by atoms with Crippen LogP contribution < -0.4 is 5.32 Å². The van der Waals surface area contributed by atoms with Crippen LogP contribution in [0.15, 0.2) is 18.2 Å². The summed E-state index contributed by atoms with van der Waals surface area (Å²) in [6.45, 7) is 4.96. The van der Waals surface area contributed by atoms with Gasteiger partial charge in [0.05, 0.1) is 22.9 Å². The normalized spacial score (nSPS) is 12.9. The molecule has 0 bridgehead atoms. The predicted molar refractivity (Wildman–Crippen MR) is 73.9 cm³/mol. The number of methoxy groups -OCH3 is 1. The minimum Gasteiger partial charge on any atom is -0.383 e. The molecular formula is C13H18N2OS. The highest BCUT2D eigenvalue weighted by atomic mass is 32.1. The van der Waals surface area contributed by atoms with Crippen molar-refractivity contribution in [2.75, 3.05) is 19.0 Å². The van der Waals surface area contributed by atoms with Gasteiger partial charge in [-0.3, -0.25) is 0 Å². The maximum atomic E-state index is 5.17. The van der Waals surface area contributed by atoms with E-state index in [9.17, 15) is 0 Å². The zero-order valence-corrected chi connectivity index (χ0v) is 11.3. The lowest BCUT2D eigenvalue weighted by molar-refractivity contribution is 0.184. The van der Waals surface area contributed by atoms with Crippen molar-refractivity contribution in [3.8, 4) is 0 Å². The van der Waals surface area contributed by atoms with Crippen LogP contribution in [0.25, 0.3) is 10.2 Å². The van der Waals surface area contributed by atoms with Gasteiger partial charge in [-0.15, -0.1) is 0 Å². The van der Waals surface area contributed by atoms with Gasteiger partial charge in [-0.05, 0) is 31.0 Å². The lowest BCUT2D eigenvalue weighted by Gasteiger charge is -2.14. The van der Waals surface area contributed by atoms with Crippen LogP contribution in [0, 0.1) is 6.92 Å². The molecule has 92 valence electrons. The fourth-order valence-corrected chi connectivity index (χ4v) is 2.77. The van der Waals surface area contributed by atoms with Gasteiger partial charge in [0, 0.05) is 7.11 Å². The van der Waals surface area contributed by atoms with Crippen LogP contribution in [0.3, 0.4) is 0 Å². The maximum Gasteiger partial charge on any atom is 0.184 e. The van der Waals surface area contributed by atoms with Gasteiger partial charge in [-0.1, -0.05) is 24.3 Å². The van der Waals surface area contributed by atoms with Crippen LogP contribution in [-0.2, 0) is 4.74 Å². The molecule has 1 N–H and O–H groups in total. The van der Waals surface area contributed by atoms with Crippen LogP contribution in [0.1, 0.15) is 18.9 Å². The van der Waals surface area contributed by atoms with Crippen molar-refractivity contribution in [3.63, 3.8) is 0 Å². The van der Waals surface area contributed by atoms with Crippen molar-refractivity contribution in [3.05, 3.63) is 23.8 Å². The highest BCUT2D eigenvalue weighted by molar-refractivity contribution is 7.22. The minimum absolute atomic E-state index is 0.335. The summed E-state index contributed by atoms with van der Waals surface area (Å²) in [6, 6.07) is 6.68. The fraction of sp³-hybridized carbons (Fsp3) is 0.462. The van der Waals surface area contributed by atoms with E-state index in [0.717, 1.165) is 17.1 Å². The number of benzene rings is 1. The Kier molecular flexibility index (Phi) is 3.97. The summed E-state index contributed by atoms with van der Waals surface area (Å²) in [5.74, 6) is 0. The van der Waals surface area contributed by atoms with Crippen molar-refractivity contribution < 1.29 is 4.74 Å². The van der Waals surface area contributed by atoms with E-state index in [1.807, 2.05) is 0 Å². The molecule has 0 aliphatic heterocycles. The Labute approximate surface area is 106 Å². The Balaban J connectivity index is 2.18. The van der Waals surface area contributed by atoms with Gasteiger partial charge in [0.15, 0.2) is 5.13 Å². The van der Waals surface area contributed by atoms with Crippen LogP contribution in [0.2, 0.25) is 0 Å². The number of anilines is 1. The Hall–Kier alpha value is -1.13. The first-order valence-electron chi connectivity index (χ1n) is 5.85. The van der Waals surface area contributed by atoms with Crippen molar-refractivity contribution in [2.45, 2.75) is 26.3 Å². The predicted octanol–water partition coefficient (Wildman–Crippen LogP) is 3.44. The van der Waals surface area contributed by atoms with E-state index in [2.05, 4.69) is 42.3 Å². The molecule has 3 nitrogen and oxygen atoms in total. The molecule has 0 spiro atoms. The molecule has 0 aliphatic carbocycles. The Bertz CT molecular complexity index is 495. The molecule has 2 aromatic rings. The third-order valence-electron chi connectivity index (χ3n) is 2.73. The third-order valence-corrected chi connectivity index (χ3v) is 3.68. The molecule has 1 aromatic carbocycles. The molecular weight excluding hydrogens is 232 g/mol. The van der Waals surface area contributed by atoms with E-state index in [1.54, 1.807) is 18.4 Å². The first-order valence-corrected chi connectivity index (χ1v) is 6.67. The van der Waals surface area contributed by atoms with Gasteiger partial charge in [-0.25, -0.2) is 4.98 Å². The highest BCUT2D eigenvalue weighted by Crippen LogP contribution is 2.27. The molecule has 0 saturated carbocycles. The number of aryl methyl sites for hydroxylation is 1. The molecule has 1 heterocycles. The number of nitrogens with one attached hydrogen (secondary N) is 1. The van der Waals surface area contributed by atoms with E-state index < -0.39 is 0 Å². The molecule has 0 amide bonds. The van der Waals surface area contributed by atoms with Crippen LogP contribution in [0.4, 0.5) is 5.13 Å². The minimum atomic E-state index is 0.335. The summed E-state index contributed by atoms with van der Waals surface area (Å²) in [5, 5.41) is 4.40. The number of rotatable bonds is 5. The monoisotopic (exact) mass is 250 g/mol. The second-order valence-electron chi connectivity index (χ2n) is 4.20. The number of hydrogen-bond donors (Lipinski definition) is 1. The van der Waals surface area contributed by atoms with Crippen LogP contribution >= 0.6 is 11.3 Å². The average molecular weight is 250 g/mol. The lowest BCUT2D eigenvalue weighted by Crippen LogP contribution is -2.23. The SMILES string of the molecule is CCC(COC)Nc1nc2ccc(C)cc2s1.